The van der Waals surface area contributed by atoms with Crippen LogP contribution in [0.4, 0.5) is 0 Å². The van der Waals surface area contributed by atoms with Gasteiger partial charge in [-0.15, -0.1) is 0 Å². The van der Waals surface area contributed by atoms with Crippen LogP contribution in [0, 0.1) is 0 Å². The van der Waals surface area contributed by atoms with Gasteiger partial charge in [0.2, 0.25) is 5.91 Å². The molecule has 0 aromatic carbocycles. The lowest BCUT2D eigenvalue weighted by molar-refractivity contribution is -0.122. The second-order valence-electron chi connectivity index (χ2n) is 3.99. The molecule has 0 spiro atoms. The number of thioether (sulfide) groups is 1. The molecule has 0 saturated heterocycles. The number of rotatable bonds is 9. The van der Waals surface area contributed by atoms with Crippen LogP contribution in [0.3, 0.4) is 0 Å². The van der Waals surface area contributed by atoms with Gasteiger partial charge in [0.1, 0.15) is 5.54 Å². The van der Waals surface area contributed by atoms with Gasteiger partial charge in [0.05, 0.1) is 0 Å². The lowest BCUT2D eigenvalue weighted by atomic mass is 10.1. The Morgan fingerprint density at radius 1 is 1.40 bits per heavy atom. The van der Waals surface area contributed by atoms with E-state index in [-0.39, 0.29) is 5.91 Å². The van der Waals surface area contributed by atoms with Gasteiger partial charge in [-0.05, 0) is 25.6 Å². The van der Waals surface area contributed by atoms with E-state index in [2.05, 4.69) is 12.2 Å². The van der Waals surface area contributed by atoms with E-state index in [0.717, 1.165) is 18.1 Å². The molecule has 0 aliphatic heterocycles. The summed E-state index contributed by atoms with van der Waals surface area (Å²) >= 11 is 1.81. The van der Waals surface area contributed by atoms with Crippen LogP contribution < -0.4 is 11.1 Å². The van der Waals surface area contributed by atoms with Gasteiger partial charge in [-0.25, -0.2) is 0 Å². The monoisotopic (exact) mass is 232 g/mol. The Balaban J connectivity index is 3.81. The molecule has 0 fully saturated rings. The Morgan fingerprint density at radius 3 is 2.53 bits per heavy atom. The van der Waals surface area contributed by atoms with Crippen molar-refractivity contribution in [2.24, 2.45) is 5.73 Å². The molecule has 1 unspecified atom stereocenters. The van der Waals surface area contributed by atoms with Crippen LogP contribution in [0.2, 0.25) is 0 Å². The molecule has 15 heavy (non-hydrogen) atoms. The highest BCUT2D eigenvalue weighted by Gasteiger charge is 2.29. The number of amides is 1. The van der Waals surface area contributed by atoms with Crippen LogP contribution >= 0.6 is 11.8 Å². The average Bonchev–Trinajstić information content (AvgIpc) is 2.18. The number of primary amides is 1. The maximum atomic E-state index is 11.3. The van der Waals surface area contributed by atoms with Crippen molar-refractivity contribution >= 4 is 17.7 Å². The summed E-state index contributed by atoms with van der Waals surface area (Å²) in [6, 6.07) is 0. The van der Waals surface area contributed by atoms with Gasteiger partial charge in [-0.3, -0.25) is 4.79 Å². The van der Waals surface area contributed by atoms with Crippen LogP contribution in [-0.4, -0.2) is 29.5 Å². The van der Waals surface area contributed by atoms with E-state index in [0.29, 0.717) is 0 Å². The van der Waals surface area contributed by atoms with Gasteiger partial charge in [0, 0.05) is 5.75 Å². The molecule has 90 valence electrons. The van der Waals surface area contributed by atoms with Gasteiger partial charge in [-0.1, -0.05) is 26.7 Å². The van der Waals surface area contributed by atoms with Crippen molar-refractivity contribution in [2.45, 2.75) is 45.6 Å². The predicted octanol–water partition coefficient (Wildman–Crippen LogP) is 1.76. The number of unbranched alkanes of at least 4 members (excludes halogenated alkanes) is 2. The number of nitrogens with one attached hydrogen (secondary N) is 1. The van der Waals surface area contributed by atoms with Crippen molar-refractivity contribution in [1.29, 1.82) is 0 Å². The number of likely N-dealkylation sites (N-methyl/N-ethyl adjacent to an activating group) is 1. The average molecular weight is 232 g/mol. The zero-order chi connectivity index (χ0) is 11.7. The second kappa shape index (κ2) is 7.99. The highest BCUT2D eigenvalue weighted by molar-refractivity contribution is 7.99. The van der Waals surface area contributed by atoms with Crippen molar-refractivity contribution in [3.8, 4) is 0 Å². The fourth-order valence-corrected chi connectivity index (χ4v) is 2.54. The summed E-state index contributed by atoms with van der Waals surface area (Å²) in [6.07, 6.45) is 3.73. The van der Waals surface area contributed by atoms with Gasteiger partial charge >= 0.3 is 0 Å². The van der Waals surface area contributed by atoms with Crippen LogP contribution in [0.1, 0.15) is 40.0 Å². The van der Waals surface area contributed by atoms with Crippen molar-refractivity contribution in [3.05, 3.63) is 0 Å². The lowest BCUT2D eigenvalue weighted by Gasteiger charge is -2.26. The molecule has 0 bridgehead atoms. The zero-order valence-electron chi connectivity index (χ0n) is 10.1. The summed E-state index contributed by atoms with van der Waals surface area (Å²) in [5.41, 5.74) is 4.83. The molecule has 0 aromatic rings. The Hall–Kier alpha value is -0.220. The fraction of sp³-hybridized carbons (Fsp3) is 0.909. The third-order valence-corrected chi connectivity index (χ3v) is 3.75. The first-order valence-corrected chi connectivity index (χ1v) is 6.85. The third kappa shape index (κ3) is 6.05. The van der Waals surface area contributed by atoms with Gasteiger partial charge in [0.25, 0.3) is 0 Å². The van der Waals surface area contributed by atoms with E-state index in [1.807, 2.05) is 13.8 Å². The first kappa shape index (κ1) is 14.8. The third-order valence-electron chi connectivity index (χ3n) is 2.39. The van der Waals surface area contributed by atoms with E-state index in [4.69, 9.17) is 5.73 Å². The Morgan fingerprint density at radius 2 is 2.07 bits per heavy atom. The highest BCUT2D eigenvalue weighted by atomic mass is 32.2. The number of carbonyl (C=O) groups is 1. The normalized spacial score (nSPS) is 14.9. The lowest BCUT2D eigenvalue weighted by Crippen LogP contribution is -2.55. The van der Waals surface area contributed by atoms with Crippen molar-refractivity contribution < 1.29 is 4.79 Å². The molecule has 0 heterocycles. The quantitative estimate of drug-likeness (QED) is 0.596. The number of hydrogen-bond acceptors (Lipinski definition) is 3. The van der Waals surface area contributed by atoms with E-state index in [9.17, 15) is 4.79 Å². The highest BCUT2D eigenvalue weighted by Crippen LogP contribution is 2.14. The molecular weight excluding hydrogens is 208 g/mol. The minimum Gasteiger partial charge on any atom is -0.368 e. The molecule has 0 aliphatic rings. The smallest absolute Gasteiger partial charge is 0.238 e. The van der Waals surface area contributed by atoms with E-state index in [1.165, 1.54) is 19.3 Å². The van der Waals surface area contributed by atoms with Gasteiger partial charge in [0.15, 0.2) is 0 Å². The van der Waals surface area contributed by atoms with E-state index < -0.39 is 5.54 Å². The molecule has 4 heteroatoms. The molecule has 0 aliphatic carbocycles. The SMILES string of the molecule is CCCCCSCC(C)(NCC)C(N)=O. The molecule has 1 amide bonds. The minimum absolute atomic E-state index is 0.257. The summed E-state index contributed by atoms with van der Waals surface area (Å²) in [7, 11) is 0. The molecule has 0 rings (SSSR count). The molecule has 3 N–H and O–H groups in total. The number of nitrogens with two attached hydrogens (primary N) is 1. The van der Waals surface area contributed by atoms with Crippen molar-refractivity contribution in [2.75, 3.05) is 18.1 Å². The van der Waals surface area contributed by atoms with Crippen molar-refractivity contribution in [1.82, 2.24) is 5.32 Å². The van der Waals surface area contributed by atoms with E-state index >= 15 is 0 Å². The maximum Gasteiger partial charge on any atom is 0.238 e. The second-order valence-corrected chi connectivity index (χ2v) is 5.09. The van der Waals surface area contributed by atoms with Crippen LogP contribution in [0.25, 0.3) is 0 Å². The summed E-state index contributed by atoms with van der Waals surface area (Å²) in [6.45, 7) is 6.83. The standard InChI is InChI=1S/C11H24N2OS/c1-4-6-7-8-15-9-11(3,10(12)14)13-5-2/h13H,4-9H2,1-3H3,(H2,12,14). The molecule has 0 saturated carbocycles. The van der Waals surface area contributed by atoms with Gasteiger partial charge in [-0.2, -0.15) is 11.8 Å². The summed E-state index contributed by atoms with van der Waals surface area (Å²) in [4.78, 5) is 11.3. The Kier molecular flexibility index (Phi) is 7.88. The minimum atomic E-state index is -0.550. The van der Waals surface area contributed by atoms with E-state index in [1.54, 1.807) is 11.8 Å². The van der Waals surface area contributed by atoms with Crippen LogP contribution in [-0.2, 0) is 4.79 Å². The largest absolute Gasteiger partial charge is 0.368 e. The summed E-state index contributed by atoms with van der Waals surface area (Å²) in [5, 5.41) is 3.15. The summed E-state index contributed by atoms with van der Waals surface area (Å²) < 4.78 is 0. The summed E-state index contributed by atoms with van der Waals surface area (Å²) in [5.74, 6) is 1.62. The number of carbonyl (C=O) groups excluding carboxylic acids is 1. The molecule has 3 nitrogen and oxygen atoms in total. The molecule has 0 radical (unpaired) electrons. The van der Waals surface area contributed by atoms with Crippen LogP contribution in [0.15, 0.2) is 0 Å². The molecule has 0 aromatic heterocycles. The first-order valence-electron chi connectivity index (χ1n) is 5.69. The first-order chi connectivity index (χ1) is 7.06. The van der Waals surface area contributed by atoms with Crippen molar-refractivity contribution in [3.63, 3.8) is 0 Å². The Labute approximate surface area is 97.6 Å². The van der Waals surface area contributed by atoms with Gasteiger partial charge < -0.3 is 11.1 Å². The maximum absolute atomic E-state index is 11.3. The Bertz CT molecular complexity index is 187. The molecule has 1 atom stereocenters. The predicted molar refractivity (Wildman–Crippen MR) is 68.1 cm³/mol. The molecular formula is C11H24N2OS. The topological polar surface area (TPSA) is 55.1 Å². The fourth-order valence-electron chi connectivity index (χ4n) is 1.33. The number of hydrogen-bond donors (Lipinski definition) is 2. The zero-order valence-corrected chi connectivity index (χ0v) is 11.0. The van der Waals surface area contributed by atoms with Crippen LogP contribution in [0.5, 0.6) is 0 Å².